The van der Waals surface area contributed by atoms with E-state index in [1.165, 1.54) is 0 Å². The maximum absolute atomic E-state index is 12.0. The molecule has 0 saturated heterocycles. The summed E-state index contributed by atoms with van der Waals surface area (Å²) in [5, 5.41) is 9.56. The van der Waals surface area contributed by atoms with Crippen LogP contribution in [0.25, 0.3) is 0 Å². The van der Waals surface area contributed by atoms with E-state index < -0.39 is 11.8 Å². The van der Waals surface area contributed by atoms with Gasteiger partial charge in [-0.25, -0.2) is 4.79 Å². The van der Waals surface area contributed by atoms with Crippen molar-refractivity contribution in [3.63, 3.8) is 0 Å². The van der Waals surface area contributed by atoms with Gasteiger partial charge in [0.15, 0.2) is 0 Å². The highest BCUT2D eigenvalue weighted by atomic mass is 16.5. The van der Waals surface area contributed by atoms with Crippen LogP contribution < -0.4 is 0 Å². The maximum atomic E-state index is 12.0. The number of rotatable bonds is 8. The second-order valence-electron chi connectivity index (χ2n) is 6.29. The molecule has 4 nitrogen and oxygen atoms in total. The van der Waals surface area contributed by atoms with E-state index in [0.29, 0.717) is 5.56 Å². The number of ether oxygens (including phenoxy) is 1. The number of carbonyl (C=O) groups excluding carboxylic acids is 2. The molecule has 0 heterocycles. The largest absolute Gasteiger partial charge is 0.459 e. The van der Waals surface area contributed by atoms with Crippen LogP contribution in [0.2, 0.25) is 0 Å². The molecule has 0 aliphatic heterocycles. The van der Waals surface area contributed by atoms with Crippen LogP contribution in [-0.4, -0.2) is 30.1 Å². The fourth-order valence-corrected chi connectivity index (χ4v) is 2.60. The Hall–Kier alpha value is -1.68. The molecule has 0 radical (unpaired) electrons. The van der Waals surface area contributed by atoms with E-state index >= 15 is 0 Å². The molecule has 2 unspecified atom stereocenters. The van der Waals surface area contributed by atoms with Gasteiger partial charge in [0.1, 0.15) is 0 Å². The van der Waals surface area contributed by atoms with Crippen LogP contribution in [0.4, 0.5) is 0 Å². The lowest BCUT2D eigenvalue weighted by atomic mass is 9.78. The van der Waals surface area contributed by atoms with Gasteiger partial charge in [0, 0.05) is 18.1 Å². The molecule has 0 aromatic heterocycles. The summed E-state index contributed by atoms with van der Waals surface area (Å²) < 4.78 is 5.22. The number of esters is 1. The lowest BCUT2D eigenvalue weighted by Crippen LogP contribution is -2.33. The van der Waals surface area contributed by atoms with Gasteiger partial charge >= 0.3 is 5.97 Å². The highest BCUT2D eigenvalue weighted by Gasteiger charge is 2.29. The van der Waals surface area contributed by atoms with E-state index in [1.807, 2.05) is 27.7 Å². The van der Waals surface area contributed by atoms with Crippen molar-refractivity contribution in [1.29, 1.82) is 0 Å². The first kappa shape index (κ1) is 18.4. The molecule has 22 heavy (non-hydrogen) atoms. The molecule has 0 fully saturated rings. The first-order chi connectivity index (χ1) is 10.4. The van der Waals surface area contributed by atoms with Crippen molar-refractivity contribution in [2.75, 3.05) is 13.2 Å². The van der Waals surface area contributed by atoms with Gasteiger partial charge in [-0.1, -0.05) is 58.0 Å². The molecule has 1 N–H and O–H groups in total. The SMILES string of the molecule is CC(C)C(CO)C(COC(=O)C(=O)c1ccccc1)C(C)C. The lowest BCUT2D eigenvalue weighted by molar-refractivity contribution is -0.141. The number of aliphatic hydroxyl groups is 1. The first-order valence-corrected chi connectivity index (χ1v) is 7.75. The third-order valence-electron chi connectivity index (χ3n) is 4.10. The summed E-state index contributed by atoms with van der Waals surface area (Å²) in [7, 11) is 0. The minimum absolute atomic E-state index is 0.0255. The highest BCUT2D eigenvalue weighted by molar-refractivity contribution is 6.40. The van der Waals surface area contributed by atoms with Crippen LogP contribution in [0.1, 0.15) is 38.1 Å². The van der Waals surface area contributed by atoms with Crippen LogP contribution >= 0.6 is 0 Å². The Labute approximate surface area is 132 Å². The average molecular weight is 306 g/mol. The predicted molar refractivity (Wildman–Crippen MR) is 85.5 cm³/mol. The average Bonchev–Trinajstić information content (AvgIpc) is 2.50. The van der Waals surface area contributed by atoms with E-state index in [2.05, 4.69) is 0 Å². The monoisotopic (exact) mass is 306 g/mol. The second-order valence-corrected chi connectivity index (χ2v) is 6.29. The molecular formula is C18H26O4. The standard InChI is InChI=1S/C18H26O4/c1-12(2)15(10-19)16(13(3)4)11-22-18(21)17(20)14-8-6-5-7-9-14/h5-9,12-13,15-16,19H,10-11H2,1-4H3. The quantitative estimate of drug-likeness (QED) is 0.455. The Morgan fingerprint density at radius 2 is 1.55 bits per heavy atom. The molecule has 0 amide bonds. The Kier molecular flexibility index (Phi) is 7.25. The molecule has 0 spiro atoms. The van der Waals surface area contributed by atoms with Crippen LogP contribution in [0.3, 0.4) is 0 Å². The molecule has 1 rings (SSSR count). The third-order valence-corrected chi connectivity index (χ3v) is 4.10. The first-order valence-electron chi connectivity index (χ1n) is 7.75. The molecule has 0 bridgehead atoms. The zero-order valence-corrected chi connectivity index (χ0v) is 13.8. The van der Waals surface area contributed by atoms with Gasteiger partial charge in [0.25, 0.3) is 5.78 Å². The summed E-state index contributed by atoms with van der Waals surface area (Å²) in [4.78, 5) is 23.9. The van der Waals surface area contributed by atoms with Crippen molar-refractivity contribution < 1.29 is 19.4 Å². The Morgan fingerprint density at radius 3 is 2.00 bits per heavy atom. The van der Waals surface area contributed by atoms with Crippen molar-refractivity contribution in [2.24, 2.45) is 23.7 Å². The molecule has 0 aliphatic carbocycles. The van der Waals surface area contributed by atoms with Gasteiger partial charge < -0.3 is 9.84 Å². The molecule has 2 atom stereocenters. The summed E-state index contributed by atoms with van der Waals surface area (Å²) >= 11 is 0. The fourth-order valence-electron chi connectivity index (χ4n) is 2.60. The van der Waals surface area contributed by atoms with Crippen molar-refractivity contribution in [2.45, 2.75) is 27.7 Å². The van der Waals surface area contributed by atoms with E-state index in [-0.39, 0.29) is 36.9 Å². The van der Waals surface area contributed by atoms with E-state index in [0.717, 1.165) is 0 Å². The van der Waals surface area contributed by atoms with Gasteiger partial charge in [-0.15, -0.1) is 0 Å². The molecule has 4 heteroatoms. The van der Waals surface area contributed by atoms with Gasteiger partial charge in [-0.2, -0.15) is 0 Å². The van der Waals surface area contributed by atoms with Crippen molar-refractivity contribution >= 4 is 11.8 Å². The number of hydrogen-bond acceptors (Lipinski definition) is 4. The molecule has 0 saturated carbocycles. The Bertz CT molecular complexity index is 479. The van der Waals surface area contributed by atoms with Gasteiger partial charge in [-0.3, -0.25) is 4.79 Å². The molecule has 122 valence electrons. The summed E-state index contributed by atoms with van der Waals surface area (Å²) in [5.74, 6) is -0.872. The Balaban J connectivity index is 2.69. The van der Waals surface area contributed by atoms with Crippen molar-refractivity contribution in [3.8, 4) is 0 Å². The molecular weight excluding hydrogens is 280 g/mol. The fraction of sp³-hybridized carbons (Fsp3) is 0.556. The molecule has 1 aromatic carbocycles. The number of Topliss-reactive ketones (excluding diaryl/α,β-unsaturated/α-hetero) is 1. The number of carbonyl (C=O) groups is 2. The predicted octanol–water partition coefficient (Wildman–Crippen LogP) is 2.95. The van der Waals surface area contributed by atoms with Crippen LogP contribution in [0.5, 0.6) is 0 Å². The summed E-state index contributed by atoms with van der Waals surface area (Å²) in [6.45, 7) is 8.33. The zero-order chi connectivity index (χ0) is 16.7. The number of hydrogen-bond donors (Lipinski definition) is 1. The minimum atomic E-state index is -0.836. The minimum Gasteiger partial charge on any atom is -0.459 e. The molecule has 0 aliphatic rings. The summed E-state index contributed by atoms with van der Waals surface area (Å²) in [6.07, 6.45) is 0. The number of benzene rings is 1. The zero-order valence-electron chi connectivity index (χ0n) is 13.8. The van der Waals surface area contributed by atoms with E-state index in [9.17, 15) is 14.7 Å². The lowest BCUT2D eigenvalue weighted by Gasteiger charge is -2.31. The smallest absolute Gasteiger partial charge is 0.379 e. The van der Waals surface area contributed by atoms with E-state index in [1.54, 1.807) is 30.3 Å². The number of aliphatic hydroxyl groups excluding tert-OH is 1. The molecule has 1 aromatic rings. The van der Waals surface area contributed by atoms with Gasteiger partial charge in [0.05, 0.1) is 6.61 Å². The highest BCUT2D eigenvalue weighted by Crippen LogP contribution is 2.27. The van der Waals surface area contributed by atoms with Crippen molar-refractivity contribution in [1.82, 2.24) is 0 Å². The van der Waals surface area contributed by atoms with E-state index in [4.69, 9.17) is 4.74 Å². The van der Waals surface area contributed by atoms with Crippen LogP contribution in [0.15, 0.2) is 30.3 Å². The van der Waals surface area contributed by atoms with Gasteiger partial charge in [0.2, 0.25) is 0 Å². The number of ketones is 1. The normalized spacial score (nSPS) is 14.0. The summed E-state index contributed by atoms with van der Waals surface area (Å²) in [5.41, 5.74) is 0.330. The van der Waals surface area contributed by atoms with Crippen LogP contribution in [-0.2, 0) is 9.53 Å². The van der Waals surface area contributed by atoms with Crippen LogP contribution in [0, 0.1) is 23.7 Å². The third kappa shape index (κ3) is 4.95. The van der Waals surface area contributed by atoms with Gasteiger partial charge in [-0.05, 0) is 17.8 Å². The maximum Gasteiger partial charge on any atom is 0.379 e. The second kappa shape index (κ2) is 8.69. The Morgan fingerprint density at radius 1 is 1.00 bits per heavy atom. The van der Waals surface area contributed by atoms with Crippen molar-refractivity contribution in [3.05, 3.63) is 35.9 Å². The summed E-state index contributed by atoms with van der Waals surface area (Å²) in [6, 6.07) is 8.38. The topological polar surface area (TPSA) is 63.6 Å².